The Hall–Kier alpha value is -7.26. The maximum Gasteiger partial charge on any atom is 0.160 e. The number of hydrogen-bond acceptors (Lipinski definition) is 9. The van der Waals surface area contributed by atoms with E-state index in [1.165, 1.54) is 38.9 Å². The van der Waals surface area contributed by atoms with Gasteiger partial charge >= 0.3 is 0 Å². The van der Waals surface area contributed by atoms with Gasteiger partial charge in [0.2, 0.25) is 0 Å². The Kier molecular flexibility index (Phi) is 142. The molecule has 7 rings (SSSR count). The highest BCUT2D eigenvalue weighted by atomic mass is 16.5. The first kappa shape index (κ1) is 121. The van der Waals surface area contributed by atoms with E-state index in [1.54, 1.807) is 64.0 Å². The molecule has 0 aliphatic carbocycles. The average molecular weight is 1340 g/mol. The van der Waals surface area contributed by atoms with Crippen LogP contribution in [0, 0.1) is 48.5 Å². The largest absolute Gasteiger partial charge is 0.497 e. The van der Waals surface area contributed by atoms with Crippen molar-refractivity contribution < 1.29 is 42.6 Å². The number of rotatable bonds is 9. The molecule has 9 nitrogen and oxygen atoms in total. The summed E-state index contributed by atoms with van der Waals surface area (Å²) in [5, 5.41) is 0. The van der Waals surface area contributed by atoms with Crippen LogP contribution in [-0.4, -0.2) is 64.0 Å². The van der Waals surface area contributed by atoms with E-state index >= 15 is 0 Å². The van der Waals surface area contributed by atoms with Crippen molar-refractivity contribution in [3.05, 3.63) is 197 Å². The molecule has 0 unspecified atom stereocenters. The van der Waals surface area contributed by atoms with Gasteiger partial charge in [-0.2, -0.15) is 0 Å². The van der Waals surface area contributed by atoms with Gasteiger partial charge in [-0.1, -0.05) is 296 Å². The quantitative estimate of drug-likeness (QED) is 0.140. The van der Waals surface area contributed by atoms with Crippen molar-refractivity contribution in [3.63, 3.8) is 0 Å². The number of ether oxygens (including phenoxy) is 9. The van der Waals surface area contributed by atoms with Gasteiger partial charge in [-0.25, -0.2) is 0 Å². The molecule has 0 heterocycles. The SMILES string of the molecule is CC.CC.CC.CC.CC.CC.CC.CC.CC.CC.CC.CC.CC.CC.COc1c(C)cc(C)cc1C.COc1c(C)cccc1C.COc1ccc(C)cc1.COc1ccc(OC)cc1.COc1ccccc1.COc1ccccc1C.COc1ccccc1OC. The van der Waals surface area contributed by atoms with Crippen LogP contribution in [0.15, 0.2) is 158 Å². The lowest BCUT2D eigenvalue weighted by molar-refractivity contribution is 0.355. The molecular weight excluding hydrogens is 1180 g/mol. The fourth-order valence-electron chi connectivity index (χ4n) is 6.13. The Balaban J connectivity index is -0.0000000632. The molecule has 0 spiro atoms. The van der Waals surface area contributed by atoms with Gasteiger partial charge in [-0.15, -0.1) is 0 Å². The minimum atomic E-state index is 0.769. The second kappa shape index (κ2) is 111. The fraction of sp³-hybridized carbons (Fsp3) is 0.512. The van der Waals surface area contributed by atoms with E-state index in [0.29, 0.717) is 0 Å². The predicted molar refractivity (Wildman–Crippen MR) is 436 cm³/mol. The van der Waals surface area contributed by atoms with Gasteiger partial charge in [0.1, 0.15) is 40.2 Å². The molecule has 7 aromatic rings. The summed E-state index contributed by atoms with van der Waals surface area (Å²) in [7, 11) is 15.0. The molecule has 95 heavy (non-hydrogen) atoms. The molecule has 0 aromatic heterocycles. The zero-order valence-corrected chi connectivity index (χ0v) is 70.7. The lowest BCUT2D eigenvalue weighted by Crippen LogP contribution is -1.91. The third-order valence-electron chi connectivity index (χ3n) is 9.55. The molecule has 0 saturated carbocycles. The van der Waals surface area contributed by atoms with Crippen LogP contribution in [0.3, 0.4) is 0 Å². The van der Waals surface area contributed by atoms with E-state index in [-0.39, 0.29) is 0 Å². The van der Waals surface area contributed by atoms with E-state index in [0.717, 1.165) is 51.7 Å². The minimum Gasteiger partial charge on any atom is -0.497 e. The van der Waals surface area contributed by atoms with Crippen molar-refractivity contribution in [2.45, 2.75) is 242 Å². The van der Waals surface area contributed by atoms with Crippen LogP contribution in [0.25, 0.3) is 0 Å². The van der Waals surface area contributed by atoms with Gasteiger partial charge in [-0.05, 0) is 143 Å². The van der Waals surface area contributed by atoms with Crippen LogP contribution < -0.4 is 42.6 Å². The molecule has 0 fully saturated rings. The van der Waals surface area contributed by atoms with Crippen molar-refractivity contribution in [2.24, 2.45) is 0 Å². The fourth-order valence-corrected chi connectivity index (χ4v) is 6.13. The van der Waals surface area contributed by atoms with Crippen LogP contribution >= 0.6 is 0 Å². The van der Waals surface area contributed by atoms with Crippen LogP contribution in [0.1, 0.15) is 233 Å². The van der Waals surface area contributed by atoms with Crippen LogP contribution in [0.2, 0.25) is 0 Å². The van der Waals surface area contributed by atoms with E-state index in [1.807, 2.05) is 360 Å². The Morgan fingerprint density at radius 1 is 0.168 bits per heavy atom. The highest BCUT2D eigenvalue weighted by molar-refractivity contribution is 5.43. The van der Waals surface area contributed by atoms with Crippen LogP contribution in [-0.2, 0) is 0 Å². The van der Waals surface area contributed by atoms with E-state index < -0.39 is 0 Å². The molecule has 556 valence electrons. The zero-order chi connectivity index (χ0) is 78.0. The van der Waals surface area contributed by atoms with Crippen LogP contribution in [0.5, 0.6) is 51.7 Å². The minimum absolute atomic E-state index is 0.769. The monoisotopic (exact) mass is 1340 g/mol. The molecule has 0 saturated heterocycles. The first-order chi connectivity index (χ1) is 46.2. The van der Waals surface area contributed by atoms with E-state index in [4.69, 9.17) is 42.6 Å². The summed E-state index contributed by atoms with van der Waals surface area (Å²) in [6, 6.07) is 50.9. The van der Waals surface area contributed by atoms with Crippen molar-refractivity contribution in [2.75, 3.05) is 64.0 Å². The summed E-state index contributed by atoms with van der Waals surface area (Å²) in [5.74, 6) is 8.03. The number of hydrogen-bond donors (Lipinski definition) is 0. The van der Waals surface area contributed by atoms with Gasteiger partial charge in [0.15, 0.2) is 11.5 Å². The second-order valence-electron chi connectivity index (χ2n) is 14.6. The summed E-state index contributed by atoms with van der Waals surface area (Å²) >= 11 is 0. The molecule has 0 aliphatic heterocycles. The second-order valence-corrected chi connectivity index (χ2v) is 14.6. The van der Waals surface area contributed by atoms with Crippen molar-refractivity contribution in [3.8, 4) is 51.7 Å². The molecular formula is C86H158O9. The summed E-state index contributed by atoms with van der Waals surface area (Å²) in [6.45, 7) is 70.4. The maximum atomic E-state index is 5.23. The topological polar surface area (TPSA) is 83.1 Å². The zero-order valence-electron chi connectivity index (χ0n) is 70.7. The first-order valence-corrected chi connectivity index (χ1v) is 35.6. The first-order valence-electron chi connectivity index (χ1n) is 35.6. The maximum absolute atomic E-state index is 5.23. The molecule has 0 aliphatic rings. The van der Waals surface area contributed by atoms with Gasteiger partial charge in [0.05, 0.1) is 64.0 Å². The molecule has 0 radical (unpaired) electrons. The lowest BCUT2D eigenvalue weighted by Gasteiger charge is -2.08. The average Bonchev–Trinajstić information content (AvgIpc) is 1.12. The standard InChI is InChI=1S/C10H14O.C9H12O.2C8H10O2.2C8H10O.C7H8O.14C2H6/c1-7-5-8(2)10(11-4)9(3)6-7;1-7-5-4-6-8(2)9(7)10-3;1-9-7-3-5-8(10-2)6-4-7;1-9-7-5-3-4-6-8(7)10-2;1-7-3-5-8(9-2)6-4-7;1-7-5-3-4-6-8(7)9-2;1-8-7-5-3-2-4-6-7;14*1-2/h5-6H,1-4H3;4-6H,1-3H3;2*3-6H,1-2H3;2*3-6H,1-2H3;2-6H,1H3;14*1-2H3. The summed E-state index contributed by atoms with van der Waals surface area (Å²) in [6.07, 6.45) is 0. The summed E-state index contributed by atoms with van der Waals surface area (Å²) in [4.78, 5) is 0. The molecule has 7 aromatic carbocycles. The highest BCUT2D eigenvalue weighted by Gasteiger charge is 2.02. The third-order valence-corrected chi connectivity index (χ3v) is 9.55. The number of benzene rings is 7. The number of methoxy groups -OCH3 is 9. The molecule has 0 N–H and O–H groups in total. The molecule has 0 bridgehead atoms. The van der Waals surface area contributed by atoms with E-state index in [2.05, 4.69) is 39.8 Å². The predicted octanol–water partition coefficient (Wildman–Crippen LogP) is 28.4. The van der Waals surface area contributed by atoms with Crippen molar-refractivity contribution >= 4 is 0 Å². The summed E-state index contributed by atoms with van der Waals surface area (Å²) < 4.78 is 45.3. The van der Waals surface area contributed by atoms with Crippen molar-refractivity contribution in [1.29, 1.82) is 0 Å². The van der Waals surface area contributed by atoms with Gasteiger partial charge in [-0.3, -0.25) is 0 Å². The van der Waals surface area contributed by atoms with Gasteiger partial charge in [0, 0.05) is 0 Å². The Morgan fingerprint density at radius 2 is 0.389 bits per heavy atom. The molecule has 0 atom stereocenters. The normalized spacial score (nSPS) is 7.37. The lowest BCUT2D eigenvalue weighted by atomic mass is 10.1. The smallest absolute Gasteiger partial charge is 0.160 e. The third kappa shape index (κ3) is 75.6. The van der Waals surface area contributed by atoms with Gasteiger partial charge < -0.3 is 42.6 Å². The Morgan fingerprint density at radius 3 is 0.611 bits per heavy atom. The van der Waals surface area contributed by atoms with Gasteiger partial charge in [0.25, 0.3) is 0 Å². The Labute approximate surface area is 594 Å². The molecule has 9 heteroatoms. The highest BCUT2D eigenvalue weighted by Crippen LogP contribution is 2.25. The van der Waals surface area contributed by atoms with Crippen LogP contribution in [0.4, 0.5) is 0 Å². The molecule has 0 amide bonds. The summed E-state index contributed by atoms with van der Waals surface area (Å²) in [5.41, 5.74) is 8.55. The van der Waals surface area contributed by atoms with Crippen molar-refractivity contribution in [1.82, 2.24) is 0 Å². The number of para-hydroxylation sites is 5. The number of aryl methyl sites for hydroxylation is 7. The van der Waals surface area contributed by atoms with E-state index in [9.17, 15) is 0 Å². The Bertz CT molecular complexity index is 2260.